The van der Waals surface area contributed by atoms with Gasteiger partial charge in [-0.25, -0.2) is 0 Å². The zero-order chi connectivity index (χ0) is 34.6. The highest BCUT2D eigenvalue weighted by molar-refractivity contribution is 8.01. The summed E-state index contributed by atoms with van der Waals surface area (Å²) >= 11 is 0.408. The van der Waals surface area contributed by atoms with E-state index in [-0.39, 0.29) is 30.0 Å². The van der Waals surface area contributed by atoms with Crippen molar-refractivity contribution >= 4 is 29.4 Å². The second-order valence-corrected chi connectivity index (χ2v) is 14.4. The van der Waals surface area contributed by atoms with Crippen LogP contribution in [0.15, 0.2) is 12.7 Å². The van der Waals surface area contributed by atoms with Gasteiger partial charge in [-0.2, -0.15) is 0 Å². The normalized spacial score (nSPS) is 42.3. The molecule has 0 heterocycles. The van der Waals surface area contributed by atoms with Gasteiger partial charge >= 0.3 is 5.97 Å². The van der Waals surface area contributed by atoms with Crippen LogP contribution in [-0.4, -0.2) is 58.1 Å². The number of ether oxygens (including phenoxy) is 1. The molecule has 3 fully saturated rings. The Hall–Kier alpha value is -1.38. The summed E-state index contributed by atoms with van der Waals surface area (Å²) in [4.78, 5) is 39.9. The quantitative estimate of drug-likeness (QED) is 0.276. The Bertz CT molecular complexity index is 1150. The minimum Gasteiger partial charge on any atom is -0.461 e. The van der Waals surface area contributed by atoms with E-state index in [1.165, 1.54) is 0 Å². The zero-order valence-corrected chi connectivity index (χ0v) is 25.2. The molecule has 8 heteroatoms. The Morgan fingerprint density at radius 2 is 2.00 bits per heavy atom. The van der Waals surface area contributed by atoms with Crippen LogP contribution in [0.4, 0.5) is 0 Å². The first kappa shape index (κ1) is 24.2. The van der Waals surface area contributed by atoms with Gasteiger partial charge < -0.3 is 20.9 Å². The number of esters is 1. The molecule has 9 atom stereocenters. The molecule has 0 spiro atoms. The van der Waals surface area contributed by atoms with Crippen molar-refractivity contribution in [1.29, 1.82) is 0 Å². The number of hydrogen-bond donors (Lipinski definition) is 3. The van der Waals surface area contributed by atoms with Crippen molar-refractivity contribution in [2.75, 3.05) is 12.3 Å². The predicted molar refractivity (Wildman–Crippen MR) is 157 cm³/mol. The van der Waals surface area contributed by atoms with Gasteiger partial charge in [-0.15, -0.1) is 18.3 Å². The number of nitrogens with one attached hydrogen (secondary N) is 1. The molecule has 0 aromatic carbocycles. The average Bonchev–Trinajstić information content (AvgIpc) is 3.29. The topological polar surface area (TPSA) is 119 Å². The number of ketones is 1. The highest BCUT2D eigenvalue weighted by atomic mass is 32.2. The van der Waals surface area contributed by atoms with Gasteiger partial charge in [0.1, 0.15) is 11.9 Å². The Balaban J connectivity index is 1.98. The minimum absolute atomic E-state index is 0.0103. The minimum atomic E-state index is -3.11. The second kappa shape index (κ2) is 11.5. The first-order valence-electron chi connectivity index (χ1n) is 17.2. The van der Waals surface area contributed by atoms with Crippen molar-refractivity contribution in [3.63, 3.8) is 0 Å². The van der Waals surface area contributed by atoms with Crippen molar-refractivity contribution in [3.8, 4) is 0 Å². The van der Waals surface area contributed by atoms with Crippen LogP contribution in [0.2, 0.25) is 0 Å². The third-order valence-electron chi connectivity index (χ3n) is 10.5. The highest BCUT2D eigenvalue weighted by Crippen LogP contribution is 2.68. The number of carbonyl (C=O) groups excluding carboxylic acids is 3. The van der Waals surface area contributed by atoms with Crippen LogP contribution in [0.5, 0.6) is 0 Å². The van der Waals surface area contributed by atoms with Gasteiger partial charge in [-0.1, -0.05) is 47.6 Å². The Morgan fingerprint density at radius 1 is 1.33 bits per heavy atom. The van der Waals surface area contributed by atoms with Gasteiger partial charge in [0, 0.05) is 42.7 Å². The molecule has 3 saturated carbocycles. The number of hydrogen-bond acceptors (Lipinski definition) is 7. The average molecular weight is 571 g/mol. The van der Waals surface area contributed by atoms with E-state index < -0.39 is 83.0 Å². The van der Waals surface area contributed by atoms with Gasteiger partial charge in [-0.05, 0) is 62.6 Å². The summed E-state index contributed by atoms with van der Waals surface area (Å²) in [5.74, 6) is -2.99. The van der Waals surface area contributed by atoms with Crippen molar-refractivity contribution in [1.82, 2.24) is 5.32 Å². The summed E-state index contributed by atoms with van der Waals surface area (Å²) < 4.78 is 52.8. The lowest BCUT2D eigenvalue weighted by atomic mass is 9.44. The summed E-state index contributed by atoms with van der Waals surface area (Å²) in [5, 5.41) is 14.1. The summed E-state index contributed by atoms with van der Waals surface area (Å²) in [6, 6.07) is -0.980. The third kappa shape index (κ3) is 5.85. The molecular weight excluding hydrogens is 512 g/mol. The van der Waals surface area contributed by atoms with E-state index in [4.69, 9.17) is 18.7 Å². The molecule has 222 valence electrons. The van der Waals surface area contributed by atoms with Crippen molar-refractivity contribution in [2.45, 2.75) is 110 Å². The number of aliphatic hydroxyl groups is 1. The lowest BCUT2D eigenvalue weighted by Crippen LogP contribution is -2.63. The van der Waals surface area contributed by atoms with Crippen molar-refractivity contribution < 1.29 is 32.5 Å². The Kier molecular flexibility index (Phi) is 7.14. The summed E-state index contributed by atoms with van der Waals surface area (Å²) in [6.07, 6.45) is 2.77. The number of aliphatic hydroxyl groups excluding tert-OH is 1. The largest absolute Gasteiger partial charge is 0.461 e. The van der Waals surface area contributed by atoms with Crippen LogP contribution in [0.1, 0.15) is 95.6 Å². The fourth-order valence-corrected chi connectivity index (χ4v) is 8.17. The lowest BCUT2D eigenvalue weighted by molar-refractivity contribution is -0.205. The molecule has 4 N–H and O–H groups in total. The molecule has 0 aromatic heterocycles. The molecule has 1 amide bonds. The number of rotatable bonds is 9. The van der Waals surface area contributed by atoms with Crippen LogP contribution < -0.4 is 11.1 Å². The monoisotopic (exact) mass is 570 g/mol. The standard InChI is InChI=1S/C31H52N2O5S/c1-10-29(8)15-22(38-23(35)16-39-28(6,7)17-33-27(37)24(32)18(2)3)30(9)19(4)11-13-31(20(5)26(29)36)14-12-21(34)25(30)31/h10,18-20,22,24-26,36H,1,11-17,32H2,2-9H3,(H,33,37)/t19-,20-,22+,24+,25-,26-,29+,30-,31-/m1/s1/i6D3,7D3. The Labute approximate surface area is 248 Å². The van der Waals surface area contributed by atoms with E-state index in [1.807, 2.05) is 20.8 Å². The molecular formula is C31H52N2O5S. The van der Waals surface area contributed by atoms with Gasteiger partial charge in [0.2, 0.25) is 5.91 Å². The molecule has 0 aromatic rings. The maximum atomic E-state index is 13.7. The van der Waals surface area contributed by atoms with Crippen LogP contribution in [0.3, 0.4) is 0 Å². The molecule has 0 saturated heterocycles. The maximum Gasteiger partial charge on any atom is 0.316 e. The van der Waals surface area contributed by atoms with Crippen LogP contribution >= 0.6 is 11.8 Å². The van der Waals surface area contributed by atoms with E-state index in [2.05, 4.69) is 18.8 Å². The first-order chi connectivity index (χ1) is 20.4. The number of Topliss-reactive ketones (excluding diaryl/α,β-unsaturated/α-hetero) is 1. The molecule has 3 aliphatic carbocycles. The highest BCUT2D eigenvalue weighted by Gasteiger charge is 2.68. The van der Waals surface area contributed by atoms with Gasteiger partial charge in [0.05, 0.1) is 17.9 Å². The third-order valence-corrected chi connectivity index (χ3v) is 11.6. The van der Waals surface area contributed by atoms with E-state index in [9.17, 15) is 19.5 Å². The van der Waals surface area contributed by atoms with E-state index in [0.717, 1.165) is 12.8 Å². The van der Waals surface area contributed by atoms with Gasteiger partial charge in [-0.3, -0.25) is 14.4 Å². The van der Waals surface area contributed by atoms with Crippen molar-refractivity contribution in [3.05, 3.63) is 12.7 Å². The van der Waals surface area contributed by atoms with Gasteiger partial charge in [0.25, 0.3) is 0 Å². The molecule has 3 rings (SSSR count). The molecule has 39 heavy (non-hydrogen) atoms. The van der Waals surface area contributed by atoms with Crippen LogP contribution in [0, 0.1) is 39.9 Å². The SMILES string of the molecule is [2H]C([2H])([2H])C(CNC(=O)[C@@H](N)C(C)C)(SCC(=O)O[C@H]1C[C@](C)(C=C)[C@H](O)[C@@H](C)[C@@]23CCC(=O)[C@@H]2[C@]1(C)[C@H](C)CC3)C([2H])([2H])[2H]. The molecule has 3 aliphatic rings. The smallest absolute Gasteiger partial charge is 0.316 e. The van der Waals surface area contributed by atoms with E-state index in [1.54, 1.807) is 19.9 Å². The Morgan fingerprint density at radius 3 is 2.59 bits per heavy atom. The molecule has 2 bridgehead atoms. The van der Waals surface area contributed by atoms with Crippen LogP contribution in [0.25, 0.3) is 0 Å². The molecule has 7 nitrogen and oxygen atoms in total. The fourth-order valence-electron chi connectivity index (χ4n) is 7.56. The summed E-state index contributed by atoms with van der Waals surface area (Å²) in [5.41, 5.74) is 3.79. The number of thioether (sulfide) groups is 1. The van der Waals surface area contributed by atoms with Crippen LogP contribution in [-0.2, 0) is 19.1 Å². The number of carbonyl (C=O) groups is 3. The zero-order valence-electron chi connectivity index (χ0n) is 30.3. The number of nitrogens with two attached hydrogens (primary N) is 1. The van der Waals surface area contributed by atoms with Crippen molar-refractivity contribution in [2.24, 2.45) is 45.7 Å². The van der Waals surface area contributed by atoms with E-state index >= 15 is 0 Å². The second-order valence-electron chi connectivity index (χ2n) is 13.2. The van der Waals surface area contributed by atoms with E-state index in [0.29, 0.717) is 24.6 Å². The lowest BCUT2D eigenvalue weighted by Gasteiger charge is -2.61. The number of amides is 1. The maximum absolute atomic E-state index is 13.7. The molecule has 0 aliphatic heterocycles. The molecule has 0 unspecified atom stereocenters. The predicted octanol–water partition coefficient (Wildman–Crippen LogP) is 4.50. The summed E-state index contributed by atoms with van der Waals surface area (Å²) in [6.45, 7) is 8.34. The molecule has 0 radical (unpaired) electrons. The van der Waals surface area contributed by atoms with Gasteiger partial charge in [0.15, 0.2) is 0 Å². The fraction of sp³-hybridized carbons (Fsp3) is 0.839. The summed E-state index contributed by atoms with van der Waals surface area (Å²) in [7, 11) is 0. The first-order valence-corrected chi connectivity index (χ1v) is 15.1.